The lowest BCUT2D eigenvalue weighted by Gasteiger charge is -2.09. The third-order valence-electron chi connectivity index (χ3n) is 3.72. The molecule has 0 radical (unpaired) electrons. The van der Waals surface area contributed by atoms with Crippen LogP contribution in [0.25, 0.3) is 0 Å². The van der Waals surface area contributed by atoms with Crippen molar-refractivity contribution >= 4 is 11.9 Å². The second kappa shape index (κ2) is 14.1. The number of nitrogens with zero attached hydrogens (tertiary/aromatic N) is 1. The van der Waals surface area contributed by atoms with E-state index in [0.717, 1.165) is 63.4 Å². The van der Waals surface area contributed by atoms with Gasteiger partial charge in [-0.1, -0.05) is 45.4 Å². The molecule has 134 valence electrons. The lowest BCUT2D eigenvalue weighted by atomic mass is 10.0. The summed E-state index contributed by atoms with van der Waals surface area (Å²) >= 11 is 0. The number of carboxylic acids is 1. The highest BCUT2D eigenvalue weighted by molar-refractivity contribution is 5.81. The van der Waals surface area contributed by atoms with Crippen molar-refractivity contribution in [2.24, 2.45) is 16.5 Å². The molecule has 6 N–H and O–H groups in total. The fourth-order valence-corrected chi connectivity index (χ4v) is 2.41. The molecule has 0 unspecified atom stereocenters. The molecule has 0 heterocycles. The minimum absolute atomic E-state index is 0.0251. The number of hydrogen-bond acceptors (Lipinski definition) is 3. The second-order valence-corrected chi connectivity index (χ2v) is 5.98. The van der Waals surface area contributed by atoms with Gasteiger partial charge >= 0.3 is 5.97 Å². The Morgan fingerprint density at radius 1 is 1.09 bits per heavy atom. The minimum atomic E-state index is -0.966. The predicted molar refractivity (Wildman–Crippen MR) is 94.2 cm³/mol. The first-order chi connectivity index (χ1) is 11.0. The summed E-state index contributed by atoms with van der Waals surface area (Å²) in [5.74, 6) is -0.991. The van der Waals surface area contributed by atoms with Gasteiger partial charge in [-0.25, -0.2) is 9.79 Å². The van der Waals surface area contributed by atoms with Crippen molar-refractivity contribution in [1.29, 1.82) is 0 Å². The maximum Gasteiger partial charge on any atom is 0.328 e. The molecule has 0 spiro atoms. The highest BCUT2D eigenvalue weighted by atomic mass is 16.4. The van der Waals surface area contributed by atoms with Crippen LogP contribution in [-0.4, -0.2) is 34.8 Å². The van der Waals surface area contributed by atoms with Crippen LogP contribution in [0.3, 0.4) is 0 Å². The summed E-state index contributed by atoms with van der Waals surface area (Å²) in [5, 5.41) is 18.6. The lowest BCUT2D eigenvalue weighted by Crippen LogP contribution is -2.23. The van der Waals surface area contributed by atoms with E-state index in [0.29, 0.717) is 6.42 Å². The largest absolute Gasteiger partial charge is 0.478 e. The Hall–Kier alpha value is -1.56. The Bertz CT molecular complexity index is 377. The molecule has 6 nitrogen and oxygen atoms in total. The first-order valence-electron chi connectivity index (χ1n) is 8.61. The standard InChI is InChI=1S/C17H33N3O3/c1-2-3-10-15(21)11-8-6-4-5-7-9-14(12-16(22)23)13-20-17(18)19/h12,15,21H,2-11,13H2,1H3,(H,22,23)(H4,18,19,20)/b14-12-/t15-/m0/s1. The Kier molecular flexibility index (Phi) is 13.1. The average Bonchev–Trinajstić information content (AvgIpc) is 2.48. The number of aliphatic carboxylic acids is 1. The molecule has 0 aromatic rings. The van der Waals surface area contributed by atoms with E-state index in [1.54, 1.807) is 0 Å². The van der Waals surface area contributed by atoms with Crippen LogP contribution in [-0.2, 0) is 4.79 Å². The molecule has 0 saturated carbocycles. The number of nitrogens with two attached hydrogens (primary N) is 2. The number of guanidine groups is 1. The number of carboxylic acid groups (broad SMARTS) is 1. The van der Waals surface area contributed by atoms with E-state index in [1.165, 1.54) is 6.08 Å². The predicted octanol–water partition coefficient (Wildman–Crippen LogP) is 2.55. The molecule has 0 aromatic carbocycles. The molecule has 0 aliphatic carbocycles. The minimum Gasteiger partial charge on any atom is -0.478 e. The van der Waals surface area contributed by atoms with Gasteiger partial charge < -0.3 is 21.7 Å². The normalized spacial score (nSPS) is 12.9. The molecular formula is C17H33N3O3. The van der Waals surface area contributed by atoms with E-state index in [2.05, 4.69) is 11.9 Å². The molecule has 0 bridgehead atoms. The number of aliphatic imine (C=N–C) groups is 1. The van der Waals surface area contributed by atoms with Gasteiger partial charge in [0.05, 0.1) is 12.6 Å². The van der Waals surface area contributed by atoms with Gasteiger partial charge in [0.15, 0.2) is 5.96 Å². The quantitative estimate of drug-likeness (QED) is 0.169. The Labute approximate surface area is 139 Å². The first-order valence-corrected chi connectivity index (χ1v) is 8.61. The second-order valence-electron chi connectivity index (χ2n) is 5.98. The SMILES string of the molecule is CCCC[C@H](O)CCCCCCC/C(=C/C(=O)O)CN=C(N)N. The van der Waals surface area contributed by atoms with Crippen LogP contribution < -0.4 is 11.5 Å². The van der Waals surface area contributed by atoms with Gasteiger partial charge in [0.25, 0.3) is 0 Å². The Morgan fingerprint density at radius 3 is 2.30 bits per heavy atom. The van der Waals surface area contributed by atoms with Gasteiger partial charge in [-0.2, -0.15) is 0 Å². The lowest BCUT2D eigenvalue weighted by molar-refractivity contribution is -0.131. The van der Waals surface area contributed by atoms with E-state index in [4.69, 9.17) is 16.6 Å². The summed E-state index contributed by atoms with van der Waals surface area (Å²) in [4.78, 5) is 14.6. The number of aliphatic hydroxyl groups is 1. The van der Waals surface area contributed by atoms with E-state index in [-0.39, 0.29) is 18.6 Å². The number of aliphatic hydroxyl groups excluding tert-OH is 1. The van der Waals surface area contributed by atoms with Gasteiger partial charge in [-0.05, 0) is 31.3 Å². The van der Waals surface area contributed by atoms with Crippen molar-refractivity contribution in [1.82, 2.24) is 0 Å². The Morgan fingerprint density at radius 2 is 1.70 bits per heavy atom. The van der Waals surface area contributed by atoms with Gasteiger partial charge in [0.1, 0.15) is 0 Å². The highest BCUT2D eigenvalue weighted by Crippen LogP contribution is 2.14. The van der Waals surface area contributed by atoms with Crippen LogP contribution in [0.5, 0.6) is 0 Å². The van der Waals surface area contributed by atoms with Crippen LogP contribution in [0.4, 0.5) is 0 Å². The molecule has 23 heavy (non-hydrogen) atoms. The van der Waals surface area contributed by atoms with Crippen molar-refractivity contribution in [2.75, 3.05) is 6.54 Å². The molecule has 0 saturated heterocycles. The molecular weight excluding hydrogens is 294 g/mol. The van der Waals surface area contributed by atoms with E-state index < -0.39 is 5.97 Å². The maximum atomic E-state index is 10.8. The zero-order chi connectivity index (χ0) is 17.5. The molecule has 6 heteroatoms. The van der Waals surface area contributed by atoms with Crippen LogP contribution >= 0.6 is 0 Å². The number of carbonyl (C=O) groups is 1. The van der Waals surface area contributed by atoms with Gasteiger partial charge in [0.2, 0.25) is 0 Å². The van der Waals surface area contributed by atoms with E-state index >= 15 is 0 Å². The third-order valence-corrected chi connectivity index (χ3v) is 3.72. The number of unbranched alkanes of at least 4 members (excludes halogenated alkanes) is 5. The number of rotatable bonds is 14. The smallest absolute Gasteiger partial charge is 0.328 e. The molecule has 0 aliphatic rings. The zero-order valence-corrected chi connectivity index (χ0v) is 14.3. The molecule has 0 rings (SSSR count). The van der Waals surface area contributed by atoms with Gasteiger partial charge in [-0.15, -0.1) is 0 Å². The number of hydrogen-bond donors (Lipinski definition) is 4. The van der Waals surface area contributed by atoms with Crippen molar-refractivity contribution < 1.29 is 15.0 Å². The monoisotopic (exact) mass is 327 g/mol. The van der Waals surface area contributed by atoms with E-state index in [1.807, 2.05) is 0 Å². The maximum absolute atomic E-state index is 10.8. The molecule has 1 atom stereocenters. The third kappa shape index (κ3) is 15.1. The Balaban J connectivity index is 3.78. The first kappa shape index (κ1) is 21.4. The van der Waals surface area contributed by atoms with Crippen molar-refractivity contribution in [3.8, 4) is 0 Å². The summed E-state index contributed by atoms with van der Waals surface area (Å²) in [6, 6.07) is 0. The van der Waals surface area contributed by atoms with Crippen molar-refractivity contribution in [2.45, 2.75) is 77.2 Å². The van der Waals surface area contributed by atoms with Crippen LogP contribution in [0.2, 0.25) is 0 Å². The highest BCUT2D eigenvalue weighted by Gasteiger charge is 2.04. The fraction of sp³-hybridized carbons (Fsp3) is 0.765. The summed E-state index contributed by atoms with van der Waals surface area (Å²) in [6.07, 6.45) is 11.0. The topological polar surface area (TPSA) is 122 Å². The van der Waals surface area contributed by atoms with Crippen LogP contribution in [0.1, 0.15) is 71.1 Å². The molecule has 0 fully saturated rings. The summed E-state index contributed by atoms with van der Waals surface area (Å²) in [5.41, 5.74) is 11.3. The fourth-order valence-electron chi connectivity index (χ4n) is 2.41. The molecule has 0 amide bonds. The van der Waals surface area contributed by atoms with E-state index in [9.17, 15) is 9.90 Å². The van der Waals surface area contributed by atoms with Gasteiger partial charge in [-0.3, -0.25) is 0 Å². The van der Waals surface area contributed by atoms with Crippen molar-refractivity contribution in [3.05, 3.63) is 11.6 Å². The summed E-state index contributed by atoms with van der Waals surface area (Å²) < 4.78 is 0. The summed E-state index contributed by atoms with van der Waals surface area (Å²) in [7, 11) is 0. The van der Waals surface area contributed by atoms with Gasteiger partial charge in [0, 0.05) is 6.08 Å². The van der Waals surface area contributed by atoms with Crippen LogP contribution in [0, 0.1) is 0 Å². The molecule has 0 aliphatic heterocycles. The molecule has 0 aromatic heterocycles. The van der Waals surface area contributed by atoms with Crippen molar-refractivity contribution in [3.63, 3.8) is 0 Å². The zero-order valence-electron chi connectivity index (χ0n) is 14.3. The average molecular weight is 327 g/mol. The summed E-state index contributed by atoms with van der Waals surface area (Å²) in [6.45, 7) is 2.38. The van der Waals surface area contributed by atoms with Crippen LogP contribution in [0.15, 0.2) is 16.6 Å².